The zero-order chi connectivity index (χ0) is 14.4. The summed E-state index contributed by atoms with van der Waals surface area (Å²) in [5.74, 6) is 0.418. The lowest BCUT2D eigenvalue weighted by molar-refractivity contribution is -0.143. The topological polar surface area (TPSA) is 40.5 Å². The van der Waals surface area contributed by atoms with Crippen LogP contribution in [-0.4, -0.2) is 40.4 Å². The highest BCUT2D eigenvalue weighted by molar-refractivity contribution is 8.00. The van der Waals surface area contributed by atoms with Crippen molar-refractivity contribution in [3.8, 4) is 0 Å². The van der Waals surface area contributed by atoms with E-state index in [9.17, 15) is 9.90 Å². The predicted molar refractivity (Wildman–Crippen MR) is 83.6 cm³/mol. The van der Waals surface area contributed by atoms with Gasteiger partial charge in [-0.25, -0.2) is 0 Å². The fourth-order valence-electron chi connectivity index (χ4n) is 4.54. The zero-order valence-electron chi connectivity index (χ0n) is 12.1. The van der Waals surface area contributed by atoms with Gasteiger partial charge in [-0.15, -0.1) is 11.8 Å². The van der Waals surface area contributed by atoms with Crippen molar-refractivity contribution in [2.24, 2.45) is 11.8 Å². The van der Waals surface area contributed by atoms with Crippen LogP contribution in [0.3, 0.4) is 0 Å². The van der Waals surface area contributed by atoms with Crippen LogP contribution in [0.25, 0.3) is 0 Å². The van der Waals surface area contributed by atoms with E-state index in [1.54, 1.807) is 0 Å². The van der Waals surface area contributed by atoms with Crippen LogP contribution in [0.1, 0.15) is 24.8 Å². The number of rotatable bonds is 3. The van der Waals surface area contributed by atoms with Crippen molar-refractivity contribution in [2.45, 2.75) is 41.9 Å². The lowest BCUT2D eigenvalue weighted by Crippen LogP contribution is -2.42. The second-order valence-corrected chi connectivity index (χ2v) is 7.99. The normalized spacial score (nSPS) is 34.9. The smallest absolute Gasteiger partial charge is 0.321 e. The summed E-state index contributed by atoms with van der Waals surface area (Å²) in [6.07, 6.45) is 4.63. The van der Waals surface area contributed by atoms with Gasteiger partial charge in [-0.3, -0.25) is 9.69 Å². The number of carboxylic acids is 1. The van der Waals surface area contributed by atoms with Gasteiger partial charge < -0.3 is 5.11 Å². The Labute approximate surface area is 129 Å². The van der Waals surface area contributed by atoms with Crippen LogP contribution < -0.4 is 0 Å². The molecular formula is C17H21NO2S. The number of aliphatic carboxylic acids is 1. The maximum Gasteiger partial charge on any atom is 0.321 e. The van der Waals surface area contributed by atoms with E-state index in [0.29, 0.717) is 17.1 Å². The largest absolute Gasteiger partial charge is 0.480 e. The van der Waals surface area contributed by atoms with E-state index in [-0.39, 0.29) is 6.04 Å². The van der Waals surface area contributed by atoms with Gasteiger partial charge in [0.15, 0.2) is 0 Å². The number of fused-ring (bicyclic) bond motifs is 2. The number of carboxylic acid groups (broad SMARTS) is 1. The van der Waals surface area contributed by atoms with Gasteiger partial charge >= 0.3 is 5.97 Å². The van der Waals surface area contributed by atoms with Gasteiger partial charge in [0, 0.05) is 23.2 Å². The number of carbonyl (C=O) groups is 1. The number of likely N-dealkylation sites (tertiary alicyclic amines) is 1. The molecule has 2 aliphatic heterocycles. The summed E-state index contributed by atoms with van der Waals surface area (Å²) in [6, 6.07) is 8.35. The average Bonchev–Trinajstić information content (AvgIpc) is 3.10. The Bertz CT molecular complexity index is 536. The summed E-state index contributed by atoms with van der Waals surface area (Å²) in [4.78, 5) is 15.3. The van der Waals surface area contributed by atoms with Gasteiger partial charge in [0.25, 0.3) is 0 Å². The van der Waals surface area contributed by atoms with E-state index in [1.165, 1.54) is 23.3 Å². The first kappa shape index (κ1) is 13.6. The predicted octanol–water partition coefficient (Wildman–Crippen LogP) is 2.89. The maximum atomic E-state index is 11.7. The van der Waals surface area contributed by atoms with Crippen molar-refractivity contribution in [3.63, 3.8) is 0 Å². The number of thioether (sulfide) groups is 1. The van der Waals surface area contributed by atoms with Crippen molar-refractivity contribution in [1.82, 2.24) is 4.90 Å². The van der Waals surface area contributed by atoms with Gasteiger partial charge in [-0.05, 0) is 42.7 Å². The Hall–Kier alpha value is -1.00. The molecule has 0 radical (unpaired) electrons. The monoisotopic (exact) mass is 303 g/mol. The van der Waals surface area contributed by atoms with Crippen LogP contribution in [0.4, 0.5) is 0 Å². The fraction of sp³-hybridized carbons (Fsp3) is 0.588. The van der Waals surface area contributed by atoms with Gasteiger partial charge in [-0.2, -0.15) is 0 Å². The van der Waals surface area contributed by atoms with Crippen LogP contribution >= 0.6 is 11.8 Å². The molecule has 21 heavy (non-hydrogen) atoms. The number of benzene rings is 1. The highest BCUT2D eigenvalue weighted by Gasteiger charge is 2.48. The van der Waals surface area contributed by atoms with Crippen molar-refractivity contribution in [1.29, 1.82) is 0 Å². The third-order valence-electron chi connectivity index (χ3n) is 5.39. The Balaban J connectivity index is 1.47. The van der Waals surface area contributed by atoms with E-state index >= 15 is 0 Å². The Morgan fingerprint density at radius 2 is 2.19 bits per heavy atom. The molecule has 2 heterocycles. The molecule has 4 atom stereocenters. The number of hydrogen-bond donors (Lipinski definition) is 1. The van der Waals surface area contributed by atoms with Crippen LogP contribution in [-0.2, 0) is 11.2 Å². The highest BCUT2D eigenvalue weighted by Crippen LogP contribution is 2.44. The molecule has 2 fully saturated rings. The molecule has 4 heteroatoms. The molecule has 1 saturated carbocycles. The maximum absolute atomic E-state index is 11.7. The van der Waals surface area contributed by atoms with Crippen molar-refractivity contribution >= 4 is 17.7 Å². The molecule has 3 nitrogen and oxygen atoms in total. The molecule has 1 aromatic rings. The number of hydrogen-bond acceptors (Lipinski definition) is 3. The van der Waals surface area contributed by atoms with Crippen molar-refractivity contribution in [3.05, 3.63) is 29.8 Å². The standard InChI is InChI=1S/C17H21NO2S/c19-17(20)16-14-6-3-5-12(14)9-18(16)10-13-8-11-4-1-2-7-15(11)21-13/h1-2,4,7,12-14,16H,3,5-6,8-10H2,(H,19,20). The molecule has 1 N–H and O–H groups in total. The summed E-state index contributed by atoms with van der Waals surface area (Å²) in [6.45, 7) is 1.92. The van der Waals surface area contributed by atoms with Crippen molar-refractivity contribution in [2.75, 3.05) is 13.1 Å². The molecule has 1 aromatic carbocycles. The molecule has 4 unspecified atom stereocenters. The average molecular weight is 303 g/mol. The summed E-state index contributed by atoms with van der Waals surface area (Å²) in [5, 5.41) is 10.1. The second-order valence-electron chi connectivity index (χ2n) is 6.64. The molecule has 4 rings (SSSR count). The molecule has 0 aromatic heterocycles. The summed E-state index contributed by atoms with van der Waals surface area (Å²) in [7, 11) is 0. The van der Waals surface area contributed by atoms with Crippen LogP contribution in [0.5, 0.6) is 0 Å². The van der Waals surface area contributed by atoms with Gasteiger partial charge in [0.2, 0.25) is 0 Å². The minimum absolute atomic E-state index is 0.234. The lowest BCUT2D eigenvalue weighted by atomic mass is 9.94. The summed E-state index contributed by atoms with van der Waals surface area (Å²) < 4.78 is 0. The van der Waals surface area contributed by atoms with Crippen LogP contribution in [0.15, 0.2) is 29.2 Å². The Morgan fingerprint density at radius 3 is 3.00 bits per heavy atom. The molecule has 1 aliphatic carbocycles. The van der Waals surface area contributed by atoms with E-state index in [2.05, 4.69) is 29.2 Å². The van der Waals surface area contributed by atoms with Gasteiger partial charge in [0.05, 0.1) is 0 Å². The highest BCUT2D eigenvalue weighted by atomic mass is 32.2. The van der Waals surface area contributed by atoms with E-state index in [1.807, 2.05) is 11.8 Å². The molecule has 0 amide bonds. The molecule has 112 valence electrons. The summed E-state index contributed by atoms with van der Waals surface area (Å²) >= 11 is 1.93. The minimum Gasteiger partial charge on any atom is -0.480 e. The van der Waals surface area contributed by atoms with Crippen LogP contribution in [0, 0.1) is 11.8 Å². The van der Waals surface area contributed by atoms with E-state index < -0.39 is 5.97 Å². The molecule has 0 spiro atoms. The molecule has 1 saturated heterocycles. The van der Waals surface area contributed by atoms with Crippen LogP contribution in [0.2, 0.25) is 0 Å². The minimum atomic E-state index is -0.607. The first-order chi connectivity index (χ1) is 10.2. The van der Waals surface area contributed by atoms with Crippen molar-refractivity contribution < 1.29 is 9.90 Å². The van der Waals surface area contributed by atoms with Gasteiger partial charge in [-0.1, -0.05) is 24.6 Å². The molecule has 3 aliphatic rings. The first-order valence-electron chi connectivity index (χ1n) is 7.94. The molecular weight excluding hydrogens is 282 g/mol. The zero-order valence-corrected chi connectivity index (χ0v) is 12.9. The lowest BCUT2D eigenvalue weighted by Gasteiger charge is -2.26. The quantitative estimate of drug-likeness (QED) is 0.932. The van der Waals surface area contributed by atoms with Gasteiger partial charge in [0.1, 0.15) is 6.04 Å². The second kappa shape index (κ2) is 5.33. The number of nitrogens with zero attached hydrogens (tertiary/aromatic N) is 1. The third-order valence-corrected chi connectivity index (χ3v) is 6.69. The Kier molecular flexibility index (Phi) is 3.46. The summed E-state index contributed by atoms with van der Waals surface area (Å²) in [5.41, 5.74) is 1.43. The SMILES string of the molecule is O=C(O)C1C2CCCC2CN1CC1Cc2ccccc2S1. The van der Waals surface area contributed by atoms with E-state index in [0.717, 1.165) is 25.9 Å². The fourth-order valence-corrected chi connectivity index (χ4v) is 5.89. The van der Waals surface area contributed by atoms with E-state index in [4.69, 9.17) is 0 Å². The Morgan fingerprint density at radius 1 is 1.33 bits per heavy atom. The first-order valence-corrected chi connectivity index (χ1v) is 8.82. The molecule has 0 bridgehead atoms. The third kappa shape index (κ3) is 2.38.